The van der Waals surface area contributed by atoms with Crippen LogP contribution in [0.1, 0.15) is 53.0 Å². The summed E-state index contributed by atoms with van der Waals surface area (Å²) in [4.78, 5) is 27.2. The molecule has 0 aliphatic rings. The van der Waals surface area contributed by atoms with Crippen molar-refractivity contribution in [3.63, 3.8) is 0 Å². The highest BCUT2D eigenvalue weighted by Crippen LogP contribution is 2.11. The number of ether oxygens (including phenoxy) is 1. The van der Waals surface area contributed by atoms with Crippen LogP contribution in [-0.2, 0) is 11.4 Å². The van der Waals surface area contributed by atoms with E-state index in [0.29, 0.717) is 22.9 Å². The van der Waals surface area contributed by atoms with E-state index in [-0.39, 0.29) is 18.0 Å². The zero-order valence-electron chi connectivity index (χ0n) is 17.7. The average molecular weight is 400 g/mol. The lowest BCUT2D eigenvalue weighted by molar-refractivity contribution is -0.104. The fourth-order valence-corrected chi connectivity index (χ4v) is 2.04. The Balaban J connectivity index is 0.000000960. The molecule has 0 radical (unpaired) electrons. The maximum absolute atomic E-state index is 12.9. The minimum atomic E-state index is -0.310. The van der Waals surface area contributed by atoms with Gasteiger partial charge >= 0.3 is 0 Å². The number of aromatic nitrogens is 1. The van der Waals surface area contributed by atoms with Crippen molar-refractivity contribution in [2.75, 3.05) is 0 Å². The van der Waals surface area contributed by atoms with Gasteiger partial charge in [-0.05, 0) is 44.5 Å². The Hall–Kier alpha value is -3.02. The molecule has 1 aromatic heterocycles. The minimum absolute atomic E-state index is 0.233. The highest BCUT2D eigenvalue weighted by molar-refractivity contribution is 5.84. The summed E-state index contributed by atoms with van der Waals surface area (Å²) < 4.78 is 19.8. The minimum Gasteiger partial charge on any atom is -0.489 e. The molecule has 0 aliphatic heterocycles. The maximum Gasteiger partial charge on any atom is 0.259 e. The van der Waals surface area contributed by atoms with Crippen LogP contribution >= 0.6 is 0 Å². The summed E-state index contributed by atoms with van der Waals surface area (Å²) in [6.07, 6.45) is 4.92. The predicted octanol–water partition coefficient (Wildman–Crippen LogP) is 5.13. The van der Waals surface area contributed by atoms with E-state index in [9.17, 15) is 14.0 Å². The first-order valence-electron chi connectivity index (χ1n) is 9.60. The Morgan fingerprint density at radius 3 is 2.24 bits per heavy atom. The molecule has 1 heterocycles. The molecule has 0 N–H and O–H groups in total. The summed E-state index contributed by atoms with van der Waals surface area (Å²) in [7, 11) is 0. The van der Waals surface area contributed by atoms with E-state index >= 15 is 0 Å². The summed E-state index contributed by atoms with van der Waals surface area (Å²) in [5, 5.41) is 0. The molecule has 1 aromatic carbocycles. The van der Waals surface area contributed by atoms with Crippen molar-refractivity contribution in [2.24, 2.45) is 4.99 Å². The molecule has 29 heavy (non-hydrogen) atoms. The van der Waals surface area contributed by atoms with Gasteiger partial charge in [0.2, 0.25) is 0 Å². The summed E-state index contributed by atoms with van der Waals surface area (Å²) in [5.74, 6) is 0.554. The Morgan fingerprint density at radius 2 is 1.72 bits per heavy atom. The molecule has 0 bridgehead atoms. The van der Waals surface area contributed by atoms with E-state index < -0.39 is 0 Å². The number of hydrogen-bond acceptors (Lipinski definition) is 4. The molecule has 2 rings (SSSR count). The normalized spacial score (nSPS) is 11.9. The van der Waals surface area contributed by atoms with Crippen molar-refractivity contribution in [3.05, 3.63) is 75.6 Å². The molecule has 0 spiro atoms. The van der Waals surface area contributed by atoms with E-state index in [0.717, 1.165) is 11.8 Å². The molecule has 156 valence electrons. The third kappa shape index (κ3) is 8.25. The number of benzene rings is 1. The monoisotopic (exact) mass is 400 g/mol. The molecular formula is C23H29FN2O3. The van der Waals surface area contributed by atoms with E-state index in [4.69, 9.17) is 4.74 Å². The van der Waals surface area contributed by atoms with Gasteiger partial charge in [0, 0.05) is 23.5 Å². The number of unbranched alkanes of at least 4 members (excludes halogenated alkanes) is 1. The Morgan fingerprint density at radius 1 is 1.10 bits per heavy atom. The fourth-order valence-electron chi connectivity index (χ4n) is 2.04. The quantitative estimate of drug-likeness (QED) is 0.292. The lowest BCUT2D eigenvalue weighted by atomic mass is 10.2. The van der Waals surface area contributed by atoms with Crippen molar-refractivity contribution in [2.45, 2.75) is 54.1 Å². The first-order chi connectivity index (χ1) is 13.8. The summed E-state index contributed by atoms with van der Waals surface area (Å²) in [5.41, 5.74) is 1.56. The molecule has 0 saturated heterocycles. The Labute approximate surface area is 171 Å². The van der Waals surface area contributed by atoms with Crippen LogP contribution in [0.3, 0.4) is 0 Å². The molecule has 2 aromatic rings. The topological polar surface area (TPSA) is 60.7 Å². The van der Waals surface area contributed by atoms with Crippen molar-refractivity contribution in [1.82, 2.24) is 4.57 Å². The zero-order valence-corrected chi connectivity index (χ0v) is 17.7. The van der Waals surface area contributed by atoms with E-state index in [2.05, 4.69) is 18.8 Å². The first kappa shape index (κ1) is 24.0. The van der Waals surface area contributed by atoms with Crippen LogP contribution in [0, 0.1) is 5.82 Å². The predicted molar refractivity (Wildman–Crippen MR) is 115 cm³/mol. The van der Waals surface area contributed by atoms with Crippen LogP contribution in [0.5, 0.6) is 5.75 Å². The average Bonchev–Trinajstić information content (AvgIpc) is 2.72. The molecule has 0 unspecified atom stereocenters. The van der Waals surface area contributed by atoms with Gasteiger partial charge in [0.05, 0.1) is 0 Å². The number of nitrogens with zero attached hydrogens (tertiary/aromatic N) is 2. The van der Waals surface area contributed by atoms with E-state index in [1.165, 1.54) is 35.6 Å². The standard InChI is InChI=1S/C19H19FN2O3.C4H10/c1-13(11-23)14(2)21-15(3)22-9-8-18(10-19(22)24)25-12-16-4-6-17(20)7-5-16;1-3-4-2/h4-11H,12H2,1-3H3;3-4H2,1-2H3/b14-13+,21-15?;. The summed E-state index contributed by atoms with van der Waals surface area (Å²) in [6, 6.07) is 8.96. The maximum atomic E-state index is 12.9. The van der Waals surface area contributed by atoms with Crippen LogP contribution in [0.4, 0.5) is 4.39 Å². The molecule has 0 aliphatic carbocycles. The number of hydrogen-bond donors (Lipinski definition) is 0. The number of aliphatic imine (C=N–C) groups is 1. The smallest absolute Gasteiger partial charge is 0.259 e. The molecule has 6 heteroatoms. The second-order valence-electron chi connectivity index (χ2n) is 6.53. The van der Waals surface area contributed by atoms with Gasteiger partial charge in [-0.1, -0.05) is 38.8 Å². The lowest BCUT2D eigenvalue weighted by Gasteiger charge is -2.09. The number of halogens is 1. The Bertz CT molecular complexity index is 910. The first-order valence-corrected chi connectivity index (χ1v) is 9.60. The number of carbonyl (C=O) groups is 1. The van der Waals surface area contributed by atoms with Crippen LogP contribution < -0.4 is 10.3 Å². The van der Waals surface area contributed by atoms with E-state index in [1.807, 2.05) is 0 Å². The van der Waals surface area contributed by atoms with Gasteiger partial charge in [0.15, 0.2) is 0 Å². The summed E-state index contributed by atoms with van der Waals surface area (Å²) in [6.45, 7) is 9.64. The van der Waals surface area contributed by atoms with E-state index in [1.54, 1.807) is 45.2 Å². The van der Waals surface area contributed by atoms with Gasteiger partial charge in [-0.15, -0.1) is 0 Å². The van der Waals surface area contributed by atoms with Gasteiger partial charge < -0.3 is 4.74 Å². The van der Waals surface area contributed by atoms with Crippen molar-refractivity contribution in [3.8, 4) is 5.75 Å². The van der Waals surface area contributed by atoms with Crippen LogP contribution in [0.2, 0.25) is 0 Å². The molecule has 0 amide bonds. The van der Waals surface area contributed by atoms with Crippen LogP contribution in [0.25, 0.3) is 0 Å². The van der Waals surface area contributed by atoms with Gasteiger partial charge in [0.1, 0.15) is 30.3 Å². The molecule has 0 atom stereocenters. The fraction of sp³-hybridized carbons (Fsp3) is 0.348. The molecule has 0 fully saturated rings. The number of allylic oxidation sites excluding steroid dienone is 2. The highest BCUT2D eigenvalue weighted by Gasteiger charge is 2.04. The SMILES string of the molecule is CC(=N/C(C)=C(\C)C=O)n1ccc(OCc2ccc(F)cc2)cc1=O.CCCC. The number of carbonyl (C=O) groups excluding carboxylic acids is 1. The van der Waals surface area contributed by atoms with Crippen molar-refractivity contribution < 1.29 is 13.9 Å². The van der Waals surface area contributed by atoms with Gasteiger partial charge in [-0.25, -0.2) is 9.38 Å². The largest absolute Gasteiger partial charge is 0.489 e. The van der Waals surface area contributed by atoms with Crippen molar-refractivity contribution in [1.29, 1.82) is 0 Å². The second kappa shape index (κ2) is 12.4. The van der Waals surface area contributed by atoms with Gasteiger partial charge in [0.25, 0.3) is 5.56 Å². The lowest BCUT2D eigenvalue weighted by Crippen LogP contribution is -2.24. The molecule has 5 nitrogen and oxygen atoms in total. The Kier molecular flexibility index (Phi) is 10.3. The van der Waals surface area contributed by atoms with Gasteiger partial charge in [-0.2, -0.15) is 0 Å². The second-order valence-corrected chi connectivity index (χ2v) is 6.53. The third-order valence-electron chi connectivity index (χ3n) is 4.14. The van der Waals surface area contributed by atoms with Crippen LogP contribution in [-0.4, -0.2) is 16.7 Å². The highest BCUT2D eigenvalue weighted by atomic mass is 19.1. The number of pyridine rings is 1. The zero-order chi connectivity index (χ0) is 21.8. The van der Waals surface area contributed by atoms with Crippen LogP contribution in [0.15, 0.2) is 63.7 Å². The molecule has 0 saturated carbocycles. The summed E-state index contributed by atoms with van der Waals surface area (Å²) >= 11 is 0. The molecular weight excluding hydrogens is 371 g/mol. The number of rotatable bonds is 6. The number of aldehydes is 1. The third-order valence-corrected chi connectivity index (χ3v) is 4.14. The van der Waals surface area contributed by atoms with Gasteiger partial charge in [-0.3, -0.25) is 14.2 Å². The van der Waals surface area contributed by atoms with Crippen molar-refractivity contribution >= 4 is 12.1 Å².